The van der Waals surface area contributed by atoms with E-state index in [1.807, 2.05) is 0 Å². The lowest BCUT2D eigenvalue weighted by atomic mass is 10.2. The maximum absolute atomic E-state index is 13.3. The molecule has 1 aliphatic rings. The third kappa shape index (κ3) is 3.39. The zero-order valence-electron chi connectivity index (χ0n) is 11.8. The highest BCUT2D eigenvalue weighted by Gasteiger charge is 2.40. The first-order valence-electron chi connectivity index (χ1n) is 6.38. The Kier molecular flexibility index (Phi) is 4.92. The van der Waals surface area contributed by atoms with Gasteiger partial charge in [-0.25, -0.2) is 17.2 Å². The van der Waals surface area contributed by atoms with Crippen LogP contribution in [0.2, 0.25) is 0 Å². The minimum absolute atomic E-state index is 0.130. The molecule has 0 aromatic heterocycles. The molecule has 0 aliphatic carbocycles. The van der Waals surface area contributed by atoms with Crippen LogP contribution in [0.3, 0.4) is 0 Å². The van der Waals surface area contributed by atoms with Gasteiger partial charge in [-0.2, -0.15) is 4.31 Å². The highest BCUT2D eigenvalue weighted by atomic mass is 32.2. The number of halogens is 2. The van der Waals surface area contributed by atoms with Crippen LogP contribution in [0.25, 0.3) is 0 Å². The molecule has 0 N–H and O–H groups in total. The highest BCUT2D eigenvalue weighted by molar-refractivity contribution is 7.89. The van der Waals surface area contributed by atoms with Crippen molar-refractivity contribution < 1.29 is 26.7 Å². The third-order valence-electron chi connectivity index (χ3n) is 3.46. The predicted octanol–water partition coefficient (Wildman–Crippen LogP) is 1.39. The fraction of sp³-hybridized carbons (Fsp3) is 0.538. The molecule has 1 aromatic rings. The second-order valence-corrected chi connectivity index (χ2v) is 6.77. The van der Waals surface area contributed by atoms with Gasteiger partial charge in [0, 0.05) is 26.8 Å². The Hall–Kier alpha value is -1.09. The van der Waals surface area contributed by atoms with Crippen LogP contribution in [0.15, 0.2) is 23.1 Å². The minimum Gasteiger partial charge on any atom is -0.383 e. The van der Waals surface area contributed by atoms with Gasteiger partial charge in [0.25, 0.3) is 0 Å². The van der Waals surface area contributed by atoms with Crippen LogP contribution >= 0.6 is 0 Å². The fourth-order valence-corrected chi connectivity index (χ4v) is 4.16. The zero-order chi connectivity index (χ0) is 15.6. The summed E-state index contributed by atoms with van der Waals surface area (Å²) < 4.78 is 63.0. The number of ether oxygens (including phenoxy) is 2. The van der Waals surface area contributed by atoms with Crippen LogP contribution in [0.5, 0.6) is 0 Å². The molecule has 8 heteroatoms. The van der Waals surface area contributed by atoms with Gasteiger partial charge in [-0.1, -0.05) is 0 Å². The Bertz CT molecular complexity index is 588. The van der Waals surface area contributed by atoms with Crippen LogP contribution in [-0.2, 0) is 19.5 Å². The molecule has 21 heavy (non-hydrogen) atoms. The molecular weight excluding hydrogens is 304 g/mol. The average Bonchev–Trinajstić information content (AvgIpc) is 2.82. The molecule has 0 spiro atoms. The molecule has 1 aliphatic heterocycles. The van der Waals surface area contributed by atoms with E-state index < -0.39 is 32.6 Å². The Labute approximate surface area is 122 Å². The fourth-order valence-electron chi connectivity index (χ4n) is 2.47. The zero-order valence-corrected chi connectivity index (χ0v) is 12.6. The van der Waals surface area contributed by atoms with Crippen LogP contribution < -0.4 is 0 Å². The number of methoxy groups -OCH3 is 2. The maximum atomic E-state index is 13.3. The van der Waals surface area contributed by atoms with Gasteiger partial charge < -0.3 is 9.47 Å². The number of rotatable bonds is 5. The van der Waals surface area contributed by atoms with E-state index in [0.717, 1.165) is 12.1 Å². The molecule has 1 saturated heterocycles. The van der Waals surface area contributed by atoms with Crippen molar-refractivity contribution in [3.05, 3.63) is 29.8 Å². The van der Waals surface area contributed by atoms with E-state index in [1.165, 1.54) is 18.5 Å². The van der Waals surface area contributed by atoms with E-state index >= 15 is 0 Å². The van der Waals surface area contributed by atoms with Crippen molar-refractivity contribution in [1.82, 2.24) is 4.31 Å². The van der Waals surface area contributed by atoms with Gasteiger partial charge >= 0.3 is 0 Å². The molecule has 0 bridgehead atoms. The topological polar surface area (TPSA) is 55.8 Å². The minimum atomic E-state index is -4.00. The standard InChI is InChI=1S/C13H17F2NO4S/c1-19-8-11-6-12(20-2)7-16(11)21(17,18)13-4-9(14)3-10(15)5-13/h3-5,11-12H,6-8H2,1-2H3/t11-,12-/m0/s1. The van der Waals surface area contributed by atoms with Gasteiger partial charge in [0.1, 0.15) is 11.6 Å². The summed E-state index contributed by atoms with van der Waals surface area (Å²) in [5.74, 6) is -1.86. The average molecular weight is 321 g/mol. The van der Waals surface area contributed by atoms with E-state index in [9.17, 15) is 17.2 Å². The van der Waals surface area contributed by atoms with Crippen molar-refractivity contribution in [2.45, 2.75) is 23.5 Å². The second-order valence-electron chi connectivity index (χ2n) is 4.88. The van der Waals surface area contributed by atoms with Crippen molar-refractivity contribution in [1.29, 1.82) is 0 Å². The Balaban J connectivity index is 2.36. The first kappa shape index (κ1) is 16.3. The van der Waals surface area contributed by atoms with Crippen LogP contribution in [0.1, 0.15) is 6.42 Å². The first-order valence-corrected chi connectivity index (χ1v) is 7.82. The number of benzene rings is 1. The molecule has 118 valence electrons. The molecule has 1 heterocycles. The summed E-state index contributed by atoms with van der Waals surface area (Å²) in [5, 5.41) is 0. The second kappa shape index (κ2) is 6.35. The summed E-state index contributed by atoms with van der Waals surface area (Å²) in [5.41, 5.74) is 0. The Morgan fingerprint density at radius 1 is 1.24 bits per heavy atom. The van der Waals surface area contributed by atoms with Crippen LogP contribution in [0, 0.1) is 11.6 Å². The molecule has 2 atom stereocenters. The molecule has 1 aromatic carbocycles. The maximum Gasteiger partial charge on any atom is 0.243 e. The SMILES string of the molecule is COC[C@@H]1C[C@H](OC)CN1S(=O)(=O)c1cc(F)cc(F)c1. The molecular formula is C13H17F2NO4S. The Morgan fingerprint density at radius 2 is 1.86 bits per heavy atom. The highest BCUT2D eigenvalue weighted by Crippen LogP contribution is 2.28. The van der Waals surface area contributed by atoms with Gasteiger partial charge in [-0.05, 0) is 18.6 Å². The monoisotopic (exact) mass is 321 g/mol. The molecule has 5 nitrogen and oxygen atoms in total. The van der Waals surface area contributed by atoms with Crippen molar-refractivity contribution >= 4 is 10.0 Å². The normalized spacial score (nSPS) is 23.6. The largest absolute Gasteiger partial charge is 0.383 e. The molecule has 0 radical (unpaired) electrons. The molecule has 0 amide bonds. The summed E-state index contributed by atoms with van der Waals surface area (Å²) in [6, 6.07) is 1.83. The number of nitrogens with zero attached hydrogens (tertiary/aromatic N) is 1. The molecule has 1 fully saturated rings. The summed E-state index contributed by atoms with van der Waals surface area (Å²) in [6.07, 6.45) is 0.208. The number of hydrogen-bond donors (Lipinski definition) is 0. The van der Waals surface area contributed by atoms with E-state index in [0.29, 0.717) is 12.5 Å². The first-order chi connectivity index (χ1) is 9.88. The van der Waals surface area contributed by atoms with Crippen LogP contribution in [-0.4, -0.2) is 52.2 Å². The van der Waals surface area contributed by atoms with E-state index in [4.69, 9.17) is 9.47 Å². The van der Waals surface area contributed by atoms with Gasteiger partial charge in [0.2, 0.25) is 10.0 Å². The van der Waals surface area contributed by atoms with Gasteiger partial charge in [-0.15, -0.1) is 0 Å². The summed E-state index contributed by atoms with van der Waals surface area (Å²) in [4.78, 5) is -0.405. The Morgan fingerprint density at radius 3 is 2.38 bits per heavy atom. The van der Waals surface area contributed by atoms with E-state index in [2.05, 4.69) is 0 Å². The summed E-state index contributed by atoms with van der Waals surface area (Å²) >= 11 is 0. The quantitative estimate of drug-likeness (QED) is 0.822. The van der Waals surface area contributed by atoms with Crippen molar-refractivity contribution in [2.24, 2.45) is 0 Å². The smallest absolute Gasteiger partial charge is 0.243 e. The van der Waals surface area contributed by atoms with Crippen molar-refractivity contribution in [2.75, 3.05) is 27.4 Å². The molecule has 2 rings (SSSR count). The number of sulfonamides is 1. The van der Waals surface area contributed by atoms with Gasteiger partial charge in [0.05, 0.1) is 23.6 Å². The number of hydrogen-bond acceptors (Lipinski definition) is 4. The predicted molar refractivity (Wildman–Crippen MR) is 71.3 cm³/mol. The summed E-state index contributed by atoms with van der Waals surface area (Å²) in [7, 11) is -1.05. The lowest BCUT2D eigenvalue weighted by molar-refractivity contribution is 0.110. The van der Waals surface area contributed by atoms with Crippen molar-refractivity contribution in [3.8, 4) is 0 Å². The lowest BCUT2D eigenvalue weighted by Gasteiger charge is -2.23. The van der Waals surface area contributed by atoms with Crippen molar-refractivity contribution in [3.63, 3.8) is 0 Å². The summed E-state index contributed by atoms with van der Waals surface area (Å²) in [6.45, 7) is 0.321. The molecule has 0 saturated carbocycles. The molecule has 0 unspecified atom stereocenters. The van der Waals surface area contributed by atoms with E-state index in [1.54, 1.807) is 0 Å². The third-order valence-corrected chi connectivity index (χ3v) is 5.36. The van der Waals surface area contributed by atoms with Gasteiger partial charge in [0.15, 0.2) is 0 Å². The van der Waals surface area contributed by atoms with Crippen LogP contribution in [0.4, 0.5) is 8.78 Å². The van der Waals surface area contributed by atoms with E-state index in [-0.39, 0.29) is 19.3 Å². The lowest BCUT2D eigenvalue weighted by Crippen LogP contribution is -2.38. The van der Waals surface area contributed by atoms with Gasteiger partial charge in [-0.3, -0.25) is 0 Å².